The van der Waals surface area contributed by atoms with E-state index in [0.29, 0.717) is 46.8 Å². The van der Waals surface area contributed by atoms with Crippen LogP contribution >= 0.6 is 0 Å². The molecule has 2 aromatic heterocycles. The molecule has 5 N–H and O–H groups in total. The minimum absolute atomic E-state index is 0.0847. The summed E-state index contributed by atoms with van der Waals surface area (Å²) in [4.78, 5) is 24.4. The molecular weight excluding hydrogens is 361 g/mol. The van der Waals surface area contributed by atoms with Crippen LogP contribution in [0.2, 0.25) is 0 Å². The Bertz CT molecular complexity index is 1090. The maximum absolute atomic E-state index is 13.5. The molecule has 1 fully saturated rings. The number of halogens is 1. The molecule has 0 aliphatic carbocycles. The van der Waals surface area contributed by atoms with Crippen molar-refractivity contribution in [2.45, 2.75) is 12.5 Å². The van der Waals surface area contributed by atoms with E-state index in [1.54, 1.807) is 13.2 Å². The second-order valence-electron chi connectivity index (χ2n) is 7.09. The molecule has 0 bridgehead atoms. The quantitative estimate of drug-likeness (QED) is 0.431. The predicted molar refractivity (Wildman–Crippen MR) is 105 cm³/mol. The van der Waals surface area contributed by atoms with Crippen molar-refractivity contribution in [1.29, 1.82) is 5.41 Å². The Morgan fingerprint density at radius 3 is 2.79 bits per heavy atom. The van der Waals surface area contributed by atoms with E-state index in [1.165, 1.54) is 24.4 Å². The Hall–Kier alpha value is -3.33. The van der Waals surface area contributed by atoms with Gasteiger partial charge in [-0.05, 0) is 25.1 Å². The fourth-order valence-electron chi connectivity index (χ4n) is 3.19. The summed E-state index contributed by atoms with van der Waals surface area (Å²) < 4.78 is 13.5. The first-order chi connectivity index (χ1) is 13.4. The van der Waals surface area contributed by atoms with Crippen LogP contribution in [0.3, 0.4) is 0 Å². The van der Waals surface area contributed by atoms with Crippen LogP contribution in [0, 0.1) is 11.2 Å². The highest BCUT2D eigenvalue weighted by atomic mass is 19.1. The first-order valence-corrected chi connectivity index (χ1v) is 8.84. The Kier molecular flexibility index (Phi) is 4.31. The smallest absolute Gasteiger partial charge is 0.255 e. The highest BCUT2D eigenvalue weighted by Gasteiger charge is 2.34. The van der Waals surface area contributed by atoms with E-state index in [2.05, 4.69) is 30.9 Å². The minimum atomic E-state index is -0.397. The summed E-state index contributed by atoms with van der Waals surface area (Å²) in [5, 5.41) is 17.5. The highest BCUT2D eigenvalue weighted by molar-refractivity contribution is 6.14. The highest BCUT2D eigenvalue weighted by Crippen LogP contribution is 2.22. The molecular formula is C19H20FN7O. The molecule has 1 amide bonds. The maximum Gasteiger partial charge on any atom is 0.255 e. The maximum atomic E-state index is 13.5. The molecule has 4 rings (SSSR count). The predicted octanol–water partition coefficient (Wildman–Crippen LogP) is 1.65. The third-order valence-corrected chi connectivity index (χ3v) is 4.85. The number of rotatable bonds is 5. The van der Waals surface area contributed by atoms with E-state index in [-0.39, 0.29) is 17.2 Å². The van der Waals surface area contributed by atoms with Gasteiger partial charge in [0.15, 0.2) is 5.65 Å². The van der Waals surface area contributed by atoms with Crippen molar-refractivity contribution in [3.05, 3.63) is 53.2 Å². The summed E-state index contributed by atoms with van der Waals surface area (Å²) in [6.07, 6.45) is 3.03. The van der Waals surface area contributed by atoms with E-state index in [1.807, 2.05) is 6.92 Å². The van der Waals surface area contributed by atoms with Gasteiger partial charge in [0.05, 0.1) is 23.0 Å². The Morgan fingerprint density at radius 2 is 2.11 bits per heavy atom. The lowest BCUT2D eigenvalue weighted by molar-refractivity contribution is 0.0874. The zero-order chi connectivity index (χ0) is 19.9. The normalized spacial score (nSPS) is 15.1. The lowest BCUT2D eigenvalue weighted by Crippen LogP contribution is -2.67. The number of H-pyrrole nitrogens is 1. The minimum Gasteiger partial charge on any atom is -0.387 e. The van der Waals surface area contributed by atoms with Gasteiger partial charge in [0.25, 0.3) is 5.91 Å². The molecule has 0 unspecified atom stereocenters. The lowest BCUT2D eigenvalue weighted by Gasteiger charge is -2.39. The third kappa shape index (κ3) is 3.09. The average molecular weight is 381 g/mol. The molecule has 1 aliphatic rings. The zero-order valence-electron chi connectivity index (χ0n) is 15.5. The van der Waals surface area contributed by atoms with Gasteiger partial charge in [-0.2, -0.15) is 0 Å². The first-order valence-electron chi connectivity index (χ1n) is 8.84. The molecule has 0 saturated carbocycles. The van der Waals surface area contributed by atoms with Crippen molar-refractivity contribution in [1.82, 2.24) is 25.6 Å². The number of nitrogens with zero attached hydrogens (tertiary/aromatic N) is 2. The summed E-state index contributed by atoms with van der Waals surface area (Å²) >= 11 is 0. The summed E-state index contributed by atoms with van der Waals surface area (Å²) in [5.41, 5.74) is 2.29. The number of aromatic amines is 1. The van der Waals surface area contributed by atoms with Crippen LogP contribution in [0.5, 0.6) is 0 Å². The fourth-order valence-corrected chi connectivity index (χ4v) is 3.19. The van der Waals surface area contributed by atoms with Crippen LogP contribution in [0.4, 0.5) is 10.1 Å². The lowest BCUT2D eigenvalue weighted by atomic mass is 9.95. The number of carbonyl (C=O) groups excluding carboxylic acids is 1. The number of amides is 1. The molecule has 9 heteroatoms. The SMILES string of the molecule is CNc1cc(F)ccc1C(=N)c1cnc2[nH]cc(C(=O)NC3(C)CNC3)c2n1. The molecule has 3 heterocycles. The summed E-state index contributed by atoms with van der Waals surface area (Å²) in [5.74, 6) is -0.642. The van der Waals surface area contributed by atoms with Gasteiger partial charge in [-0.3, -0.25) is 10.2 Å². The van der Waals surface area contributed by atoms with Crippen LogP contribution in [0.25, 0.3) is 11.2 Å². The second kappa shape index (κ2) is 6.68. The Labute approximate surface area is 160 Å². The molecule has 28 heavy (non-hydrogen) atoms. The number of hydrogen-bond donors (Lipinski definition) is 5. The van der Waals surface area contributed by atoms with Gasteiger partial charge >= 0.3 is 0 Å². The van der Waals surface area contributed by atoms with E-state index in [0.717, 1.165) is 0 Å². The third-order valence-electron chi connectivity index (χ3n) is 4.85. The molecule has 0 atom stereocenters. The topological polar surface area (TPSA) is 119 Å². The zero-order valence-corrected chi connectivity index (χ0v) is 15.5. The molecule has 0 radical (unpaired) electrons. The van der Waals surface area contributed by atoms with Crippen LogP contribution < -0.4 is 16.0 Å². The van der Waals surface area contributed by atoms with Gasteiger partial charge in [0, 0.05) is 37.6 Å². The molecule has 3 aromatic rings. The van der Waals surface area contributed by atoms with Gasteiger partial charge in [-0.1, -0.05) is 0 Å². The molecule has 1 aliphatic heterocycles. The van der Waals surface area contributed by atoms with Gasteiger partial charge in [-0.15, -0.1) is 0 Å². The summed E-state index contributed by atoms with van der Waals surface area (Å²) in [6, 6.07) is 4.13. The molecule has 1 saturated heterocycles. The number of hydrogen-bond acceptors (Lipinski definition) is 6. The van der Waals surface area contributed by atoms with Crippen molar-refractivity contribution in [3.63, 3.8) is 0 Å². The summed E-state index contributed by atoms with van der Waals surface area (Å²) in [7, 11) is 1.66. The van der Waals surface area contributed by atoms with Crippen molar-refractivity contribution in [3.8, 4) is 0 Å². The van der Waals surface area contributed by atoms with Crippen LogP contribution in [-0.4, -0.2) is 52.2 Å². The largest absolute Gasteiger partial charge is 0.387 e. The molecule has 8 nitrogen and oxygen atoms in total. The van der Waals surface area contributed by atoms with Crippen LogP contribution in [0.1, 0.15) is 28.5 Å². The van der Waals surface area contributed by atoms with E-state index in [4.69, 9.17) is 5.41 Å². The number of fused-ring (bicyclic) bond motifs is 1. The van der Waals surface area contributed by atoms with E-state index in [9.17, 15) is 9.18 Å². The monoisotopic (exact) mass is 381 g/mol. The molecule has 144 valence electrons. The Morgan fingerprint density at radius 1 is 1.32 bits per heavy atom. The summed E-state index contributed by atoms with van der Waals surface area (Å²) in [6.45, 7) is 3.39. The van der Waals surface area contributed by atoms with Crippen molar-refractivity contribution in [2.24, 2.45) is 0 Å². The number of carbonyl (C=O) groups is 1. The van der Waals surface area contributed by atoms with Gasteiger partial charge in [0.1, 0.15) is 17.0 Å². The van der Waals surface area contributed by atoms with Gasteiger partial charge < -0.3 is 20.9 Å². The number of aromatic nitrogens is 3. The number of nitrogens with one attached hydrogen (secondary N) is 5. The average Bonchev–Trinajstić information content (AvgIpc) is 3.09. The van der Waals surface area contributed by atoms with Crippen molar-refractivity contribution >= 4 is 28.5 Å². The standard InChI is InChI=1S/C19H20FN7O/c1-19(8-23-9-19)27-18(28)12-6-24-17-16(12)26-14(7-25-17)15(21)11-4-3-10(20)5-13(11)22-2/h3-7,21-23H,8-9H2,1-2H3,(H,24,25)(H,27,28). The molecule has 1 aromatic carbocycles. The Balaban J connectivity index is 1.69. The first kappa shape index (κ1) is 18.1. The van der Waals surface area contributed by atoms with Crippen LogP contribution in [-0.2, 0) is 0 Å². The van der Waals surface area contributed by atoms with Crippen molar-refractivity contribution < 1.29 is 9.18 Å². The number of anilines is 1. The van der Waals surface area contributed by atoms with Crippen molar-refractivity contribution in [2.75, 3.05) is 25.5 Å². The fraction of sp³-hybridized carbons (Fsp3) is 0.263. The number of benzene rings is 1. The van der Waals surface area contributed by atoms with E-state index < -0.39 is 5.82 Å². The van der Waals surface area contributed by atoms with Gasteiger partial charge in [-0.25, -0.2) is 14.4 Å². The van der Waals surface area contributed by atoms with Gasteiger partial charge in [0.2, 0.25) is 0 Å². The molecule has 0 spiro atoms. The van der Waals surface area contributed by atoms with Crippen LogP contribution in [0.15, 0.2) is 30.6 Å². The second-order valence-corrected chi connectivity index (χ2v) is 7.09. The van der Waals surface area contributed by atoms with E-state index >= 15 is 0 Å².